The summed E-state index contributed by atoms with van der Waals surface area (Å²) in [4.78, 5) is 14.4. The number of hydrogen-bond acceptors (Lipinski definition) is 3. The number of rotatable bonds is 2. The Balaban J connectivity index is 2.38. The lowest BCUT2D eigenvalue weighted by Crippen LogP contribution is -2.31. The van der Waals surface area contributed by atoms with Gasteiger partial charge in [0.05, 0.1) is 0 Å². The molecule has 1 aliphatic heterocycles. The highest BCUT2D eigenvalue weighted by atomic mass is 19.1. The first-order valence-corrected chi connectivity index (χ1v) is 5.20. The van der Waals surface area contributed by atoms with E-state index in [0.717, 1.165) is 5.56 Å². The fourth-order valence-electron chi connectivity index (χ4n) is 2.02. The Morgan fingerprint density at radius 3 is 2.44 bits per heavy atom. The first-order valence-electron chi connectivity index (χ1n) is 5.20. The van der Waals surface area contributed by atoms with Crippen molar-refractivity contribution in [3.63, 3.8) is 0 Å². The van der Waals surface area contributed by atoms with E-state index < -0.39 is 5.54 Å². The summed E-state index contributed by atoms with van der Waals surface area (Å²) in [6.07, 6.45) is 2.88. The zero-order chi connectivity index (χ0) is 11.4. The summed E-state index contributed by atoms with van der Waals surface area (Å²) in [5.41, 5.74) is 0.272. The monoisotopic (exact) mass is 221 g/mol. The molecule has 0 spiro atoms. The van der Waals surface area contributed by atoms with Crippen LogP contribution in [0.25, 0.3) is 0 Å². The van der Waals surface area contributed by atoms with Gasteiger partial charge in [0.25, 0.3) is 0 Å². The minimum absolute atomic E-state index is 0.291. The minimum Gasteiger partial charge on any atom is -0.381 e. The Kier molecular flexibility index (Phi) is 3.13. The molecule has 1 aliphatic rings. The largest absolute Gasteiger partial charge is 0.381 e. The molecule has 0 atom stereocenters. The fraction of sp³-hybridized carbons (Fsp3) is 0.417. The maximum absolute atomic E-state index is 12.8. The summed E-state index contributed by atoms with van der Waals surface area (Å²) in [5, 5.41) is 0. The smallest absolute Gasteiger partial charge is 0.235 e. The van der Waals surface area contributed by atoms with Crippen molar-refractivity contribution in [2.24, 2.45) is 4.99 Å². The zero-order valence-electron chi connectivity index (χ0n) is 8.78. The molecule has 0 unspecified atom stereocenters. The fourth-order valence-corrected chi connectivity index (χ4v) is 2.02. The lowest BCUT2D eigenvalue weighted by atomic mass is 9.83. The molecule has 0 amide bonds. The Bertz CT molecular complexity index is 404. The molecule has 0 N–H and O–H groups in total. The summed E-state index contributed by atoms with van der Waals surface area (Å²) >= 11 is 0. The molecule has 1 aromatic rings. The number of hydrogen-bond donors (Lipinski definition) is 0. The van der Waals surface area contributed by atoms with Crippen LogP contribution in [0.3, 0.4) is 0 Å². The first kappa shape index (κ1) is 11.0. The van der Waals surface area contributed by atoms with Gasteiger partial charge in [0.2, 0.25) is 6.08 Å². The van der Waals surface area contributed by atoms with Crippen molar-refractivity contribution >= 4 is 6.08 Å². The predicted molar refractivity (Wildman–Crippen MR) is 56.3 cm³/mol. The standard InChI is InChI=1S/C12H12FNO2/c13-11-3-1-10(2-4-11)12(14-9-15)5-7-16-8-6-12/h1-4H,5-8H2. The number of halogens is 1. The van der Waals surface area contributed by atoms with Crippen molar-refractivity contribution in [2.75, 3.05) is 13.2 Å². The van der Waals surface area contributed by atoms with Crippen molar-refractivity contribution in [1.29, 1.82) is 0 Å². The van der Waals surface area contributed by atoms with E-state index in [1.165, 1.54) is 12.1 Å². The van der Waals surface area contributed by atoms with Crippen LogP contribution in [0.15, 0.2) is 29.3 Å². The molecule has 16 heavy (non-hydrogen) atoms. The van der Waals surface area contributed by atoms with Crippen LogP contribution < -0.4 is 0 Å². The normalized spacial score (nSPS) is 18.8. The van der Waals surface area contributed by atoms with E-state index in [4.69, 9.17) is 4.74 Å². The second kappa shape index (κ2) is 4.56. The number of nitrogens with zero attached hydrogens (tertiary/aromatic N) is 1. The van der Waals surface area contributed by atoms with Crippen LogP contribution in [0.4, 0.5) is 4.39 Å². The SMILES string of the molecule is O=C=NC1(c2ccc(F)cc2)CCOCC1. The third-order valence-electron chi connectivity index (χ3n) is 2.96. The Morgan fingerprint density at radius 1 is 1.25 bits per heavy atom. The van der Waals surface area contributed by atoms with E-state index in [1.54, 1.807) is 18.2 Å². The maximum atomic E-state index is 12.8. The van der Waals surface area contributed by atoms with Gasteiger partial charge in [-0.05, 0) is 17.7 Å². The predicted octanol–water partition coefficient (Wildman–Crippen LogP) is 2.17. The van der Waals surface area contributed by atoms with Crippen molar-refractivity contribution in [2.45, 2.75) is 18.4 Å². The van der Waals surface area contributed by atoms with Gasteiger partial charge >= 0.3 is 0 Å². The van der Waals surface area contributed by atoms with E-state index >= 15 is 0 Å². The number of carbonyl (C=O) groups excluding carboxylic acids is 1. The highest BCUT2D eigenvalue weighted by Gasteiger charge is 2.34. The van der Waals surface area contributed by atoms with Gasteiger partial charge in [-0.25, -0.2) is 9.18 Å². The third kappa shape index (κ3) is 2.03. The molecule has 3 nitrogen and oxygen atoms in total. The van der Waals surface area contributed by atoms with Crippen LogP contribution in [0.2, 0.25) is 0 Å². The van der Waals surface area contributed by atoms with Crippen molar-refractivity contribution in [3.8, 4) is 0 Å². The Morgan fingerprint density at radius 2 is 1.88 bits per heavy atom. The first-order chi connectivity index (χ1) is 7.77. The lowest BCUT2D eigenvalue weighted by Gasteiger charge is -2.32. The second-order valence-electron chi connectivity index (χ2n) is 3.85. The molecule has 0 aromatic heterocycles. The van der Waals surface area contributed by atoms with E-state index in [-0.39, 0.29) is 5.82 Å². The zero-order valence-corrected chi connectivity index (χ0v) is 8.78. The van der Waals surface area contributed by atoms with E-state index in [9.17, 15) is 9.18 Å². The molecule has 0 radical (unpaired) electrons. The van der Waals surface area contributed by atoms with Crippen LogP contribution in [0.5, 0.6) is 0 Å². The summed E-state index contributed by atoms with van der Waals surface area (Å²) < 4.78 is 18.1. The molecule has 1 aromatic carbocycles. The van der Waals surface area contributed by atoms with Crippen LogP contribution in [-0.4, -0.2) is 19.3 Å². The molecule has 4 heteroatoms. The topological polar surface area (TPSA) is 38.7 Å². The van der Waals surface area contributed by atoms with E-state index in [1.807, 2.05) is 0 Å². The molecule has 84 valence electrons. The van der Waals surface area contributed by atoms with Gasteiger partial charge in [-0.1, -0.05) is 12.1 Å². The van der Waals surface area contributed by atoms with Crippen LogP contribution in [0, 0.1) is 5.82 Å². The molecule has 1 fully saturated rings. The summed E-state index contributed by atoms with van der Waals surface area (Å²) in [7, 11) is 0. The molecule has 1 heterocycles. The Labute approximate surface area is 93.0 Å². The van der Waals surface area contributed by atoms with Crippen LogP contribution in [0.1, 0.15) is 18.4 Å². The average Bonchev–Trinajstić information content (AvgIpc) is 2.31. The summed E-state index contributed by atoms with van der Waals surface area (Å²) in [6, 6.07) is 6.10. The number of ether oxygens (including phenoxy) is 1. The average molecular weight is 221 g/mol. The second-order valence-corrected chi connectivity index (χ2v) is 3.85. The van der Waals surface area contributed by atoms with Crippen molar-refractivity contribution in [3.05, 3.63) is 35.6 Å². The van der Waals surface area contributed by atoms with Crippen LogP contribution in [-0.2, 0) is 15.1 Å². The van der Waals surface area contributed by atoms with Gasteiger partial charge < -0.3 is 4.74 Å². The van der Waals surface area contributed by atoms with Gasteiger partial charge in [-0.2, -0.15) is 4.99 Å². The highest BCUT2D eigenvalue weighted by molar-refractivity contribution is 5.38. The van der Waals surface area contributed by atoms with Crippen molar-refractivity contribution in [1.82, 2.24) is 0 Å². The minimum atomic E-state index is -0.576. The Hall–Kier alpha value is -1.51. The summed E-state index contributed by atoms with van der Waals surface area (Å²) in [5.74, 6) is -0.291. The molecular weight excluding hydrogens is 209 g/mol. The van der Waals surface area contributed by atoms with Gasteiger partial charge in [-0.15, -0.1) is 0 Å². The summed E-state index contributed by atoms with van der Waals surface area (Å²) in [6.45, 7) is 1.12. The molecule has 2 rings (SSSR count). The number of isocyanates is 1. The van der Waals surface area contributed by atoms with Crippen LogP contribution >= 0.6 is 0 Å². The molecule has 0 bridgehead atoms. The third-order valence-corrected chi connectivity index (χ3v) is 2.96. The van der Waals surface area contributed by atoms with Gasteiger partial charge in [-0.3, -0.25) is 0 Å². The van der Waals surface area contributed by atoms with E-state index in [2.05, 4.69) is 4.99 Å². The molecule has 1 saturated heterocycles. The molecule has 0 saturated carbocycles. The highest BCUT2D eigenvalue weighted by Crippen LogP contribution is 2.35. The lowest BCUT2D eigenvalue weighted by molar-refractivity contribution is 0.0531. The van der Waals surface area contributed by atoms with Crippen molar-refractivity contribution < 1.29 is 13.9 Å². The van der Waals surface area contributed by atoms with Gasteiger partial charge in [0.15, 0.2) is 0 Å². The molecular formula is C12H12FNO2. The van der Waals surface area contributed by atoms with E-state index in [0.29, 0.717) is 26.1 Å². The maximum Gasteiger partial charge on any atom is 0.235 e. The van der Waals surface area contributed by atoms with Gasteiger partial charge in [0.1, 0.15) is 11.4 Å². The van der Waals surface area contributed by atoms with Gasteiger partial charge in [0, 0.05) is 26.1 Å². The molecule has 0 aliphatic carbocycles. The quantitative estimate of drug-likeness (QED) is 0.567. The number of benzene rings is 1. The number of aliphatic imine (C=N–C) groups is 1.